The molecule has 1 aromatic carbocycles. The van der Waals surface area contributed by atoms with Crippen LogP contribution in [-0.2, 0) is 6.42 Å². The lowest BCUT2D eigenvalue weighted by atomic mass is 10.1. The van der Waals surface area contributed by atoms with Crippen LogP contribution in [0.1, 0.15) is 10.4 Å². The molecule has 1 aromatic heterocycles. The predicted molar refractivity (Wildman–Crippen MR) is 59.3 cm³/mol. The zero-order valence-corrected chi connectivity index (χ0v) is 8.53. The molecule has 1 nitrogen and oxygen atoms in total. The summed E-state index contributed by atoms with van der Waals surface area (Å²) in [5, 5.41) is 1.35. The average molecular weight is 191 g/mol. The molecule has 0 saturated heterocycles. The number of hydrogen-bond donors (Lipinski definition) is 1. The van der Waals surface area contributed by atoms with Gasteiger partial charge < -0.3 is 5.73 Å². The minimum absolute atomic E-state index is 0.732. The summed E-state index contributed by atoms with van der Waals surface area (Å²) in [6.45, 7) is 2.88. The zero-order valence-electron chi connectivity index (χ0n) is 7.71. The highest BCUT2D eigenvalue weighted by Crippen LogP contribution is 2.25. The van der Waals surface area contributed by atoms with Crippen molar-refractivity contribution in [2.75, 3.05) is 6.54 Å². The number of thiophene rings is 1. The second-order valence-corrected chi connectivity index (χ2v) is 4.56. The van der Waals surface area contributed by atoms with E-state index in [9.17, 15) is 0 Å². The third-order valence-corrected chi connectivity index (χ3v) is 3.15. The number of aryl methyl sites for hydroxylation is 1. The van der Waals surface area contributed by atoms with Gasteiger partial charge in [0.2, 0.25) is 0 Å². The van der Waals surface area contributed by atoms with Crippen molar-refractivity contribution in [3.63, 3.8) is 0 Å². The number of rotatable bonds is 2. The Bertz CT molecular complexity index is 417. The maximum Gasteiger partial charge on any atom is 0.0348 e. The Morgan fingerprint density at radius 2 is 2.15 bits per heavy atom. The van der Waals surface area contributed by atoms with Crippen LogP contribution in [0.4, 0.5) is 0 Å². The molecule has 0 atom stereocenters. The van der Waals surface area contributed by atoms with Crippen LogP contribution in [-0.4, -0.2) is 6.54 Å². The van der Waals surface area contributed by atoms with Crippen LogP contribution in [0.2, 0.25) is 0 Å². The molecule has 0 saturated carbocycles. The van der Waals surface area contributed by atoms with Gasteiger partial charge in [-0.25, -0.2) is 0 Å². The summed E-state index contributed by atoms with van der Waals surface area (Å²) in [6.07, 6.45) is 0.979. The molecule has 0 bridgehead atoms. The van der Waals surface area contributed by atoms with Crippen molar-refractivity contribution in [1.29, 1.82) is 0 Å². The predicted octanol–water partition coefficient (Wildman–Crippen LogP) is 2.71. The Morgan fingerprint density at radius 1 is 1.31 bits per heavy atom. The lowest BCUT2D eigenvalue weighted by molar-refractivity contribution is 0.971. The molecule has 1 heterocycles. The van der Waals surface area contributed by atoms with Crippen LogP contribution in [0.3, 0.4) is 0 Å². The van der Waals surface area contributed by atoms with Crippen molar-refractivity contribution in [2.45, 2.75) is 13.3 Å². The van der Waals surface area contributed by atoms with E-state index < -0.39 is 0 Å². The Balaban J connectivity index is 2.48. The summed E-state index contributed by atoms with van der Waals surface area (Å²) in [5.74, 6) is 0. The van der Waals surface area contributed by atoms with E-state index in [4.69, 9.17) is 5.73 Å². The molecule has 0 amide bonds. The van der Waals surface area contributed by atoms with Gasteiger partial charge in [-0.1, -0.05) is 12.1 Å². The van der Waals surface area contributed by atoms with Crippen LogP contribution < -0.4 is 5.73 Å². The first-order chi connectivity index (χ1) is 6.29. The lowest BCUT2D eigenvalue weighted by Crippen LogP contribution is -2.01. The van der Waals surface area contributed by atoms with Crippen molar-refractivity contribution >= 4 is 21.4 Å². The summed E-state index contributed by atoms with van der Waals surface area (Å²) in [7, 11) is 0. The summed E-state index contributed by atoms with van der Waals surface area (Å²) in [6, 6.07) is 8.83. The fourth-order valence-electron chi connectivity index (χ4n) is 1.53. The third-order valence-electron chi connectivity index (χ3n) is 2.14. The fourth-order valence-corrected chi connectivity index (χ4v) is 2.52. The number of fused-ring (bicyclic) bond motifs is 1. The molecule has 2 aromatic rings. The Morgan fingerprint density at radius 3 is 2.92 bits per heavy atom. The molecule has 2 heteroatoms. The highest BCUT2D eigenvalue weighted by Gasteiger charge is 1.99. The standard InChI is InChI=1S/C11H13NS/c1-8-6-10-3-2-9(4-5-12)7-11(10)13-8/h2-3,6-7H,4-5,12H2,1H3. The van der Waals surface area contributed by atoms with Gasteiger partial charge in [0.05, 0.1) is 0 Å². The zero-order chi connectivity index (χ0) is 9.26. The first-order valence-corrected chi connectivity index (χ1v) is 5.30. The second-order valence-electron chi connectivity index (χ2n) is 3.27. The van der Waals surface area contributed by atoms with Gasteiger partial charge in [0.15, 0.2) is 0 Å². The van der Waals surface area contributed by atoms with Crippen LogP contribution in [0, 0.1) is 6.92 Å². The molecule has 2 rings (SSSR count). The van der Waals surface area contributed by atoms with Crippen LogP contribution in [0.5, 0.6) is 0 Å². The van der Waals surface area contributed by atoms with E-state index in [0.717, 1.165) is 13.0 Å². The highest BCUT2D eigenvalue weighted by molar-refractivity contribution is 7.19. The van der Waals surface area contributed by atoms with Crippen LogP contribution in [0.25, 0.3) is 10.1 Å². The molecule has 2 N–H and O–H groups in total. The summed E-state index contributed by atoms with van der Waals surface area (Å²) in [4.78, 5) is 1.37. The first kappa shape index (κ1) is 8.73. The van der Waals surface area contributed by atoms with Crippen molar-refractivity contribution < 1.29 is 0 Å². The lowest BCUT2D eigenvalue weighted by Gasteiger charge is -1.97. The summed E-state index contributed by atoms with van der Waals surface area (Å²) >= 11 is 1.85. The Labute approximate surface area is 82.2 Å². The summed E-state index contributed by atoms with van der Waals surface area (Å²) < 4.78 is 1.38. The Kier molecular flexibility index (Phi) is 2.34. The maximum absolute atomic E-state index is 5.51. The molecule has 0 aliphatic carbocycles. The second kappa shape index (κ2) is 3.48. The van der Waals surface area contributed by atoms with Gasteiger partial charge in [-0.2, -0.15) is 0 Å². The molecule has 0 unspecified atom stereocenters. The van der Waals surface area contributed by atoms with Gasteiger partial charge in [0, 0.05) is 9.58 Å². The normalized spacial score (nSPS) is 10.9. The molecular formula is C11H13NS. The highest BCUT2D eigenvalue weighted by atomic mass is 32.1. The molecule has 0 fully saturated rings. The van der Waals surface area contributed by atoms with E-state index in [1.165, 1.54) is 20.5 Å². The van der Waals surface area contributed by atoms with Gasteiger partial charge in [-0.3, -0.25) is 0 Å². The quantitative estimate of drug-likeness (QED) is 0.776. The van der Waals surface area contributed by atoms with Crippen LogP contribution >= 0.6 is 11.3 Å². The van der Waals surface area contributed by atoms with Gasteiger partial charge in [0.25, 0.3) is 0 Å². The van der Waals surface area contributed by atoms with Crippen molar-refractivity contribution in [3.05, 3.63) is 34.7 Å². The molecule has 0 aliphatic heterocycles. The van der Waals surface area contributed by atoms with Gasteiger partial charge in [0.1, 0.15) is 0 Å². The van der Waals surface area contributed by atoms with Gasteiger partial charge >= 0.3 is 0 Å². The van der Waals surface area contributed by atoms with Crippen molar-refractivity contribution in [1.82, 2.24) is 0 Å². The summed E-state index contributed by atoms with van der Waals surface area (Å²) in [5.41, 5.74) is 6.86. The van der Waals surface area contributed by atoms with E-state index >= 15 is 0 Å². The van der Waals surface area contributed by atoms with E-state index in [1.807, 2.05) is 11.3 Å². The van der Waals surface area contributed by atoms with Crippen LogP contribution in [0.15, 0.2) is 24.3 Å². The van der Waals surface area contributed by atoms with E-state index in [2.05, 4.69) is 31.2 Å². The maximum atomic E-state index is 5.51. The SMILES string of the molecule is Cc1cc2ccc(CCN)cc2s1. The Hall–Kier alpha value is -0.860. The van der Waals surface area contributed by atoms with E-state index in [0.29, 0.717) is 0 Å². The number of benzene rings is 1. The monoisotopic (exact) mass is 191 g/mol. The van der Waals surface area contributed by atoms with E-state index in [-0.39, 0.29) is 0 Å². The van der Waals surface area contributed by atoms with Gasteiger partial charge in [-0.15, -0.1) is 11.3 Å². The molecule has 68 valence electrons. The molecular weight excluding hydrogens is 178 g/mol. The van der Waals surface area contributed by atoms with Crippen molar-refractivity contribution in [3.8, 4) is 0 Å². The largest absolute Gasteiger partial charge is 0.330 e. The average Bonchev–Trinajstić information content (AvgIpc) is 2.44. The molecule has 0 aliphatic rings. The molecule has 13 heavy (non-hydrogen) atoms. The van der Waals surface area contributed by atoms with Gasteiger partial charge in [-0.05, 0) is 43.0 Å². The molecule has 0 spiro atoms. The topological polar surface area (TPSA) is 26.0 Å². The van der Waals surface area contributed by atoms with Crippen molar-refractivity contribution in [2.24, 2.45) is 5.73 Å². The first-order valence-electron chi connectivity index (χ1n) is 4.49. The van der Waals surface area contributed by atoms with E-state index in [1.54, 1.807) is 0 Å². The fraction of sp³-hybridized carbons (Fsp3) is 0.273. The minimum atomic E-state index is 0.732. The smallest absolute Gasteiger partial charge is 0.0348 e. The molecule has 0 radical (unpaired) electrons. The minimum Gasteiger partial charge on any atom is -0.330 e. The number of hydrogen-bond acceptors (Lipinski definition) is 2. The third kappa shape index (κ3) is 1.74. The number of nitrogens with two attached hydrogens (primary N) is 1.